The van der Waals surface area contributed by atoms with Gasteiger partial charge in [-0.15, -0.1) is 0 Å². The highest BCUT2D eigenvalue weighted by molar-refractivity contribution is 7.50. The molecule has 7 heteroatoms. The molecule has 0 aliphatic carbocycles. The first-order valence-electron chi connectivity index (χ1n) is 15.0. The van der Waals surface area contributed by atoms with E-state index in [-0.39, 0.29) is 0 Å². The predicted molar refractivity (Wildman–Crippen MR) is 149 cm³/mol. The second-order valence-electron chi connectivity index (χ2n) is 10.4. The van der Waals surface area contributed by atoms with E-state index in [0.29, 0.717) is 5.96 Å². The molecule has 6 nitrogen and oxygen atoms in total. The minimum Gasteiger partial charge on any atom is -0.760 e. The third-order valence-electron chi connectivity index (χ3n) is 7.21. The minimum absolute atomic E-state index is 0.608. The molecule has 1 rings (SSSR count). The van der Waals surface area contributed by atoms with Crippen molar-refractivity contribution < 1.29 is 14.0 Å². The van der Waals surface area contributed by atoms with E-state index in [4.69, 9.17) is 0 Å². The third-order valence-corrected chi connectivity index (χ3v) is 8.10. The van der Waals surface area contributed by atoms with Crippen molar-refractivity contribution in [2.45, 2.75) is 142 Å². The van der Waals surface area contributed by atoms with E-state index in [9.17, 15) is 9.46 Å². The van der Waals surface area contributed by atoms with Crippen LogP contribution in [0.15, 0.2) is 4.76 Å². The zero-order chi connectivity index (χ0) is 25.6. The van der Waals surface area contributed by atoms with Crippen LogP contribution in [-0.4, -0.2) is 49.0 Å². The number of guanidine groups is 1. The number of rotatable bonds is 24. The van der Waals surface area contributed by atoms with E-state index in [2.05, 4.69) is 32.9 Å². The van der Waals surface area contributed by atoms with Gasteiger partial charge in [0.05, 0.1) is 0 Å². The number of hydrogen-bond acceptors (Lipinski definition) is 3. The molecule has 1 aliphatic heterocycles. The number of hydrogen-bond donors (Lipinski definition) is 0. The summed E-state index contributed by atoms with van der Waals surface area (Å²) in [6, 6.07) is 0. The van der Waals surface area contributed by atoms with Gasteiger partial charge in [0.2, 0.25) is 5.96 Å². The van der Waals surface area contributed by atoms with Crippen LogP contribution in [-0.2, 0) is 9.09 Å². The molecular formula is C28H57N3O3P-. The van der Waals surface area contributed by atoms with Crippen molar-refractivity contribution in [1.29, 1.82) is 0 Å². The lowest BCUT2D eigenvalue weighted by Gasteiger charge is -2.26. The molecule has 1 saturated heterocycles. The Kier molecular flexibility index (Phi) is 19.9. The molecule has 1 atom stereocenters. The van der Waals surface area contributed by atoms with Gasteiger partial charge in [0.25, 0.3) is 7.75 Å². The molecule has 0 spiro atoms. The Hall–Kier alpha value is -0.580. The van der Waals surface area contributed by atoms with Gasteiger partial charge in [-0.3, -0.25) is 4.57 Å². The Morgan fingerprint density at radius 2 is 0.971 bits per heavy atom. The van der Waals surface area contributed by atoms with Crippen LogP contribution in [0.3, 0.4) is 0 Å². The summed E-state index contributed by atoms with van der Waals surface area (Å²) < 4.78 is 20.8. The van der Waals surface area contributed by atoms with E-state index in [0.717, 1.165) is 39.0 Å². The second kappa shape index (κ2) is 21.5. The van der Waals surface area contributed by atoms with Crippen LogP contribution < -0.4 is 4.89 Å². The molecule has 1 unspecified atom stereocenters. The van der Waals surface area contributed by atoms with Crippen LogP contribution in [0, 0.1) is 0 Å². The molecule has 0 saturated carbocycles. The maximum Gasteiger partial charge on any atom is 0.254 e. The van der Waals surface area contributed by atoms with Crippen molar-refractivity contribution >= 4 is 13.7 Å². The quantitative estimate of drug-likeness (QED) is 0.0966. The summed E-state index contributed by atoms with van der Waals surface area (Å²) in [6.45, 7) is 8.01. The van der Waals surface area contributed by atoms with Gasteiger partial charge >= 0.3 is 0 Å². The lowest BCUT2D eigenvalue weighted by molar-refractivity contribution is -0.196. The first kappa shape index (κ1) is 32.4. The predicted octanol–water partition coefficient (Wildman–Crippen LogP) is 7.92. The van der Waals surface area contributed by atoms with Crippen molar-refractivity contribution in [2.24, 2.45) is 4.76 Å². The monoisotopic (exact) mass is 514 g/mol. The van der Waals surface area contributed by atoms with Crippen LogP contribution in [0.25, 0.3) is 0 Å². The molecule has 0 bridgehead atoms. The van der Waals surface area contributed by atoms with E-state index < -0.39 is 7.75 Å². The zero-order valence-electron chi connectivity index (χ0n) is 23.5. The fourth-order valence-electron chi connectivity index (χ4n) is 4.92. The van der Waals surface area contributed by atoms with Gasteiger partial charge in [-0.1, -0.05) is 129 Å². The Bertz CT molecular complexity index is 540. The highest BCUT2D eigenvalue weighted by Crippen LogP contribution is 2.38. The Labute approximate surface area is 217 Å². The van der Waals surface area contributed by atoms with Crippen LogP contribution in [0.1, 0.15) is 142 Å². The minimum atomic E-state index is -4.17. The lowest BCUT2D eigenvalue weighted by atomic mass is 10.1. The average molecular weight is 515 g/mol. The average Bonchev–Trinajstić information content (AvgIpc) is 3.22. The first-order chi connectivity index (χ1) is 17.0. The molecule has 0 radical (unpaired) electrons. The maximum absolute atomic E-state index is 12.1. The summed E-state index contributed by atoms with van der Waals surface area (Å²) >= 11 is 0. The Morgan fingerprint density at radius 3 is 1.29 bits per heavy atom. The summed E-state index contributed by atoms with van der Waals surface area (Å²) in [5.74, 6) is 0.608. The van der Waals surface area contributed by atoms with Gasteiger partial charge in [0.15, 0.2) is 0 Å². The van der Waals surface area contributed by atoms with Gasteiger partial charge in [0, 0.05) is 33.3 Å². The summed E-state index contributed by atoms with van der Waals surface area (Å²) in [4.78, 5) is 16.4. The Morgan fingerprint density at radius 1 is 0.657 bits per heavy atom. The zero-order valence-corrected chi connectivity index (χ0v) is 24.4. The van der Waals surface area contributed by atoms with E-state index in [1.165, 1.54) is 123 Å². The normalized spacial score (nSPS) is 15.7. The van der Waals surface area contributed by atoms with Crippen LogP contribution in [0.5, 0.6) is 0 Å². The van der Waals surface area contributed by atoms with Crippen LogP contribution in [0.2, 0.25) is 0 Å². The SMILES string of the molecule is CCCCCCCCCCCCN1CCN(CCCCCCCCCCCC)C1=NP(=O)([O-])OC. The van der Waals surface area contributed by atoms with Gasteiger partial charge < -0.3 is 19.2 Å². The lowest BCUT2D eigenvalue weighted by Crippen LogP contribution is -2.35. The van der Waals surface area contributed by atoms with Crippen LogP contribution in [0.4, 0.5) is 0 Å². The molecular weight excluding hydrogens is 457 g/mol. The summed E-state index contributed by atoms with van der Waals surface area (Å²) in [5.41, 5.74) is 0. The van der Waals surface area contributed by atoms with Gasteiger partial charge in [-0.25, -0.2) is 0 Å². The Balaban J connectivity index is 2.28. The van der Waals surface area contributed by atoms with Crippen molar-refractivity contribution in [3.05, 3.63) is 0 Å². The largest absolute Gasteiger partial charge is 0.760 e. The second-order valence-corrected chi connectivity index (χ2v) is 11.9. The number of unbranched alkanes of at least 4 members (excludes halogenated alkanes) is 18. The summed E-state index contributed by atoms with van der Waals surface area (Å²) in [6.07, 6.45) is 26.1. The van der Waals surface area contributed by atoms with Crippen molar-refractivity contribution in [3.63, 3.8) is 0 Å². The van der Waals surface area contributed by atoms with E-state index >= 15 is 0 Å². The van der Waals surface area contributed by atoms with Gasteiger partial charge in [-0.2, -0.15) is 4.76 Å². The number of nitrogens with zero attached hydrogens (tertiary/aromatic N) is 3. The molecule has 0 aromatic carbocycles. The van der Waals surface area contributed by atoms with Gasteiger partial charge in [-0.05, 0) is 12.8 Å². The van der Waals surface area contributed by atoms with Crippen molar-refractivity contribution in [2.75, 3.05) is 33.3 Å². The van der Waals surface area contributed by atoms with Crippen LogP contribution >= 0.6 is 7.75 Å². The molecule has 1 heterocycles. The molecule has 208 valence electrons. The third kappa shape index (κ3) is 16.7. The highest BCUT2D eigenvalue weighted by atomic mass is 31.2. The molecule has 0 N–H and O–H groups in total. The van der Waals surface area contributed by atoms with E-state index in [1.807, 2.05) is 0 Å². The fourth-order valence-corrected chi connectivity index (χ4v) is 5.48. The molecule has 35 heavy (non-hydrogen) atoms. The first-order valence-corrected chi connectivity index (χ1v) is 16.5. The molecule has 0 aromatic heterocycles. The smallest absolute Gasteiger partial charge is 0.254 e. The summed E-state index contributed by atoms with van der Waals surface area (Å²) in [5, 5.41) is 0. The van der Waals surface area contributed by atoms with Crippen molar-refractivity contribution in [1.82, 2.24) is 9.80 Å². The summed E-state index contributed by atoms with van der Waals surface area (Å²) in [7, 11) is -2.97. The maximum atomic E-state index is 12.1. The van der Waals surface area contributed by atoms with Gasteiger partial charge in [0.1, 0.15) is 0 Å². The van der Waals surface area contributed by atoms with Crippen molar-refractivity contribution in [3.8, 4) is 0 Å². The fraction of sp³-hybridized carbons (Fsp3) is 0.964. The molecule has 0 amide bonds. The molecule has 0 aromatic rings. The standard InChI is InChI=1S/C28H58N3O3P/c1-4-6-8-10-12-14-16-18-20-22-24-30-26-27-31(28(30)29-35(32,33)34-3)25-23-21-19-17-15-13-11-9-7-5-2/h4-27H2,1-3H3,(H,32,33)/p-1. The topological polar surface area (TPSA) is 68.2 Å². The van der Waals surface area contributed by atoms with E-state index in [1.54, 1.807) is 0 Å². The molecule has 1 aliphatic rings. The molecule has 1 fully saturated rings. The highest BCUT2D eigenvalue weighted by Gasteiger charge is 2.27.